The van der Waals surface area contributed by atoms with Crippen LogP contribution >= 0.6 is 23.4 Å². The number of nitrogens with zero attached hydrogens (tertiary/aromatic N) is 1. The van der Waals surface area contributed by atoms with Gasteiger partial charge in [-0.3, -0.25) is 0 Å². The molecule has 0 fully saturated rings. The van der Waals surface area contributed by atoms with Crippen molar-refractivity contribution in [1.29, 1.82) is 0 Å². The van der Waals surface area contributed by atoms with Gasteiger partial charge in [-0.2, -0.15) is 0 Å². The zero-order chi connectivity index (χ0) is 15.1. The van der Waals surface area contributed by atoms with Crippen LogP contribution < -0.4 is 0 Å². The Balaban J connectivity index is 1.94. The Morgan fingerprint density at radius 1 is 0.955 bits per heavy atom. The normalized spacial score (nSPS) is 20.1. The fourth-order valence-electron chi connectivity index (χ4n) is 2.90. The van der Waals surface area contributed by atoms with Gasteiger partial charge >= 0.3 is 0 Å². The molecule has 1 aromatic heterocycles. The van der Waals surface area contributed by atoms with Crippen molar-refractivity contribution < 1.29 is 5.11 Å². The standard InChI is InChI=1S/C18H14ClNOS/c19-13-8-4-9-15-18(13)22-17(12-6-2-1-3-7-12)16(21)14-10-5-11-20(14)15/h1-11,16-17,21H/t16-,17-/m1/s1. The van der Waals surface area contributed by atoms with Crippen LogP contribution in [0.25, 0.3) is 5.69 Å². The number of aromatic nitrogens is 1. The third kappa shape index (κ3) is 2.17. The van der Waals surface area contributed by atoms with E-state index in [0.717, 1.165) is 26.9 Å². The van der Waals surface area contributed by atoms with Crippen molar-refractivity contribution in [3.8, 4) is 5.69 Å². The van der Waals surface area contributed by atoms with Gasteiger partial charge in [0.1, 0.15) is 6.10 Å². The molecule has 0 saturated carbocycles. The van der Waals surface area contributed by atoms with E-state index in [9.17, 15) is 5.11 Å². The number of hydrogen-bond acceptors (Lipinski definition) is 2. The van der Waals surface area contributed by atoms with Crippen molar-refractivity contribution in [3.63, 3.8) is 0 Å². The Labute approximate surface area is 138 Å². The molecule has 0 aliphatic carbocycles. The molecular weight excluding hydrogens is 314 g/mol. The lowest BCUT2D eigenvalue weighted by Crippen LogP contribution is -2.09. The number of aliphatic hydroxyl groups is 1. The topological polar surface area (TPSA) is 25.2 Å². The molecule has 2 nitrogen and oxygen atoms in total. The SMILES string of the molecule is O[C@@H]1c2cccn2-c2cccc(Cl)c2S[C@@H]1c1ccccc1. The van der Waals surface area contributed by atoms with Crippen molar-refractivity contribution in [2.24, 2.45) is 0 Å². The van der Waals surface area contributed by atoms with Crippen LogP contribution in [0.4, 0.5) is 0 Å². The van der Waals surface area contributed by atoms with Crippen LogP contribution in [-0.4, -0.2) is 9.67 Å². The summed E-state index contributed by atoms with van der Waals surface area (Å²) in [6.45, 7) is 0. The van der Waals surface area contributed by atoms with Crippen LogP contribution in [0, 0.1) is 0 Å². The first kappa shape index (κ1) is 13.9. The molecule has 2 aromatic carbocycles. The number of thioether (sulfide) groups is 1. The molecule has 3 aromatic rings. The summed E-state index contributed by atoms with van der Waals surface area (Å²) in [7, 11) is 0. The highest BCUT2D eigenvalue weighted by atomic mass is 35.5. The van der Waals surface area contributed by atoms with Crippen LogP contribution in [-0.2, 0) is 0 Å². The van der Waals surface area contributed by atoms with Crippen LogP contribution in [0.1, 0.15) is 22.6 Å². The predicted molar refractivity (Wildman–Crippen MR) is 90.8 cm³/mol. The van der Waals surface area contributed by atoms with E-state index in [-0.39, 0.29) is 5.25 Å². The summed E-state index contributed by atoms with van der Waals surface area (Å²) in [6, 6.07) is 19.9. The minimum absolute atomic E-state index is 0.0870. The van der Waals surface area contributed by atoms with Crippen LogP contribution in [0.5, 0.6) is 0 Å². The van der Waals surface area contributed by atoms with Crippen LogP contribution in [0.15, 0.2) is 71.8 Å². The number of benzene rings is 2. The van der Waals surface area contributed by atoms with Gasteiger partial charge in [0.25, 0.3) is 0 Å². The van der Waals surface area contributed by atoms with Gasteiger partial charge in [0.2, 0.25) is 0 Å². The molecule has 0 saturated heterocycles. The molecule has 2 heterocycles. The Morgan fingerprint density at radius 3 is 2.59 bits per heavy atom. The molecule has 0 spiro atoms. The Morgan fingerprint density at radius 2 is 1.77 bits per heavy atom. The highest BCUT2D eigenvalue weighted by molar-refractivity contribution is 7.99. The number of aliphatic hydroxyl groups excluding tert-OH is 1. The Kier molecular flexibility index (Phi) is 3.49. The minimum Gasteiger partial charge on any atom is -0.385 e. The zero-order valence-electron chi connectivity index (χ0n) is 11.7. The summed E-state index contributed by atoms with van der Waals surface area (Å²) in [4.78, 5) is 1.01. The van der Waals surface area contributed by atoms with Gasteiger partial charge < -0.3 is 9.67 Å². The van der Waals surface area contributed by atoms with Gasteiger partial charge in [-0.15, -0.1) is 11.8 Å². The van der Waals surface area contributed by atoms with Crippen molar-refractivity contribution in [3.05, 3.63) is 83.1 Å². The Hall–Kier alpha value is -1.68. The van der Waals surface area contributed by atoms with Crippen molar-refractivity contribution in [1.82, 2.24) is 4.57 Å². The summed E-state index contributed by atoms with van der Waals surface area (Å²) >= 11 is 8.06. The summed E-state index contributed by atoms with van der Waals surface area (Å²) in [5.74, 6) is 0. The third-order valence-corrected chi connectivity index (χ3v) is 5.82. The van der Waals surface area contributed by atoms with Gasteiger partial charge in [0, 0.05) is 6.20 Å². The smallest absolute Gasteiger partial charge is 0.111 e. The highest BCUT2D eigenvalue weighted by Crippen LogP contribution is 2.50. The first-order valence-electron chi connectivity index (χ1n) is 7.11. The summed E-state index contributed by atoms with van der Waals surface area (Å²) in [5.41, 5.74) is 3.01. The largest absolute Gasteiger partial charge is 0.385 e. The van der Waals surface area contributed by atoms with Crippen molar-refractivity contribution >= 4 is 23.4 Å². The van der Waals surface area contributed by atoms with E-state index in [1.165, 1.54) is 0 Å². The average molecular weight is 328 g/mol. The zero-order valence-corrected chi connectivity index (χ0v) is 13.3. The summed E-state index contributed by atoms with van der Waals surface area (Å²) in [5, 5.41) is 11.6. The lowest BCUT2D eigenvalue weighted by Gasteiger charge is -2.20. The first-order chi connectivity index (χ1) is 10.8. The van der Waals surface area contributed by atoms with E-state index in [0.29, 0.717) is 0 Å². The van der Waals surface area contributed by atoms with E-state index in [2.05, 4.69) is 12.1 Å². The first-order valence-corrected chi connectivity index (χ1v) is 8.37. The molecule has 22 heavy (non-hydrogen) atoms. The molecule has 0 radical (unpaired) electrons. The van der Waals surface area contributed by atoms with Gasteiger partial charge in [-0.25, -0.2) is 0 Å². The molecular formula is C18H14ClNOS. The lowest BCUT2D eigenvalue weighted by molar-refractivity contribution is 0.169. The fraction of sp³-hybridized carbons (Fsp3) is 0.111. The highest BCUT2D eigenvalue weighted by Gasteiger charge is 2.31. The maximum atomic E-state index is 10.9. The van der Waals surface area contributed by atoms with Gasteiger partial charge in [0.15, 0.2) is 0 Å². The second kappa shape index (κ2) is 5.51. The van der Waals surface area contributed by atoms with E-state index in [4.69, 9.17) is 11.6 Å². The second-order valence-corrected chi connectivity index (χ2v) is 6.84. The van der Waals surface area contributed by atoms with Gasteiger partial charge in [-0.1, -0.05) is 48.0 Å². The van der Waals surface area contributed by atoms with Gasteiger partial charge in [-0.05, 0) is 29.8 Å². The molecule has 1 N–H and O–H groups in total. The maximum absolute atomic E-state index is 10.9. The molecule has 4 rings (SSSR count). The third-order valence-electron chi connectivity index (χ3n) is 3.95. The number of rotatable bonds is 1. The van der Waals surface area contributed by atoms with Crippen LogP contribution in [0.2, 0.25) is 5.02 Å². The average Bonchev–Trinajstić information content (AvgIpc) is 2.99. The number of hydrogen-bond donors (Lipinski definition) is 1. The molecule has 0 unspecified atom stereocenters. The quantitative estimate of drug-likeness (QED) is 0.679. The fourth-order valence-corrected chi connectivity index (χ4v) is 4.48. The summed E-state index contributed by atoms with van der Waals surface area (Å²) in [6.07, 6.45) is 1.38. The van der Waals surface area contributed by atoms with Gasteiger partial charge in [0.05, 0.1) is 26.5 Å². The number of fused-ring (bicyclic) bond motifs is 3. The molecule has 2 atom stereocenters. The van der Waals surface area contributed by atoms with Crippen molar-refractivity contribution in [2.45, 2.75) is 16.2 Å². The van der Waals surface area contributed by atoms with E-state index in [1.54, 1.807) is 11.8 Å². The minimum atomic E-state index is -0.592. The summed E-state index contributed by atoms with van der Waals surface area (Å²) < 4.78 is 2.03. The van der Waals surface area contributed by atoms with Crippen LogP contribution in [0.3, 0.4) is 0 Å². The molecule has 1 aliphatic rings. The second-order valence-electron chi connectivity index (χ2n) is 5.29. The Bertz CT molecular complexity index is 815. The number of halogens is 1. The lowest BCUT2D eigenvalue weighted by atomic mass is 10.0. The monoisotopic (exact) mass is 327 g/mol. The maximum Gasteiger partial charge on any atom is 0.111 e. The van der Waals surface area contributed by atoms with Crippen molar-refractivity contribution in [2.75, 3.05) is 0 Å². The van der Waals surface area contributed by atoms with E-state index < -0.39 is 6.10 Å². The molecule has 0 amide bonds. The molecule has 4 heteroatoms. The molecule has 110 valence electrons. The molecule has 0 bridgehead atoms. The predicted octanol–water partition coefficient (Wildman–Crippen LogP) is 5.01. The van der Waals surface area contributed by atoms with E-state index >= 15 is 0 Å². The van der Waals surface area contributed by atoms with E-state index in [1.807, 2.05) is 59.3 Å². The molecule has 1 aliphatic heterocycles.